The molecular formula is C16H15NO6S. The molecule has 0 saturated carbocycles. The van der Waals surface area contributed by atoms with Gasteiger partial charge in [-0.25, -0.2) is 4.79 Å². The Hall–Kier alpha value is -2.48. The summed E-state index contributed by atoms with van der Waals surface area (Å²) in [7, 11) is 1.21. The summed E-state index contributed by atoms with van der Waals surface area (Å²) >= 11 is 0.789. The zero-order valence-electron chi connectivity index (χ0n) is 13.1. The molecule has 1 unspecified atom stereocenters. The van der Waals surface area contributed by atoms with E-state index in [1.54, 1.807) is 24.3 Å². The lowest BCUT2D eigenvalue weighted by atomic mass is 10.1. The van der Waals surface area contributed by atoms with Gasteiger partial charge in [-0.1, -0.05) is 6.07 Å². The maximum absolute atomic E-state index is 12.4. The van der Waals surface area contributed by atoms with Crippen LogP contribution in [0.3, 0.4) is 0 Å². The van der Waals surface area contributed by atoms with Gasteiger partial charge in [-0.3, -0.25) is 14.5 Å². The molecule has 1 aromatic rings. The molecule has 2 aliphatic rings. The third-order valence-corrected chi connectivity index (χ3v) is 4.50. The highest BCUT2D eigenvalue weighted by Gasteiger charge is 2.41. The molecule has 7 nitrogen and oxygen atoms in total. The Kier molecular flexibility index (Phi) is 4.48. The Bertz CT molecular complexity index is 744. The van der Waals surface area contributed by atoms with Crippen molar-refractivity contribution < 1.29 is 28.6 Å². The van der Waals surface area contributed by atoms with Crippen LogP contribution in [0, 0.1) is 0 Å². The van der Waals surface area contributed by atoms with Gasteiger partial charge in [0.2, 0.25) is 0 Å². The molecule has 1 fully saturated rings. The molecule has 8 heteroatoms. The number of methoxy groups -OCH3 is 1. The smallest absolute Gasteiger partial charge is 0.328 e. The van der Waals surface area contributed by atoms with E-state index in [0.717, 1.165) is 16.7 Å². The van der Waals surface area contributed by atoms with E-state index in [1.807, 2.05) is 0 Å². The van der Waals surface area contributed by atoms with Crippen LogP contribution in [0.15, 0.2) is 23.1 Å². The average Bonchev–Trinajstić information content (AvgIpc) is 2.87. The van der Waals surface area contributed by atoms with Crippen molar-refractivity contribution in [2.75, 3.05) is 20.3 Å². The number of thioether (sulfide) groups is 1. The minimum absolute atomic E-state index is 0.243. The normalized spacial score (nSPS) is 19.6. The maximum atomic E-state index is 12.4. The van der Waals surface area contributed by atoms with E-state index in [1.165, 1.54) is 14.0 Å². The van der Waals surface area contributed by atoms with Gasteiger partial charge in [0, 0.05) is 0 Å². The molecular weight excluding hydrogens is 334 g/mol. The third-order valence-electron chi connectivity index (χ3n) is 3.62. The summed E-state index contributed by atoms with van der Waals surface area (Å²) in [5.41, 5.74) is 0.704. The largest absolute Gasteiger partial charge is 0.486 e. The minimum atomic E-state index is -0.964. The van der Waals surface area contributed by atoms with Gasteiger partial charge >= 0.3 is 5.97 Å². The molecule has 0 N–H and O–H groups in total. The van der Waals surface area contributed by atoms with Gasteiger partial charge in [0.15, 0.2) is 11.5 Å². The van der Waals surface area contributed by atoms with Crippen molar-refractivity contribution in [2.45, 2.75) is 13.0 Å². The number of carbonyl (C=O) groups excluding carboxylic acids is 3. The zero-order chi connectivity index (χ0) is 17.3. The van der Waals surface area contributed by atoms with E-state index in [4.69, 9.17) is 9.47 Å². The summed E-state index contributed by atoms with van der Waals surface area (Å²) in [6.45, 7) is 2.41. The molecule has 1 saturated heterocycles. The molecule has 2 aliphatic heterocycles. The molecule has 126 valence electrons. The topological polar surface area (TPSA) is 82.1 Å². The van der Waals surface area contributed by atoms with Crippen LogP contribution >= 0.6 is 11.8 Å². The molecule has 0 aromatic heterocycles. The molecule has 2 amide bonds. The predicted octanol–water partition coefficient (Wildman–Crippen LogP) is 2.06. The molecule has 0 spiro atoms. The lowest BCUT2D eigenvalue weighted by Crippen LogP contribution is -2.42. The molecule has 2 heterocycles. The van der Waals surface area contributed by atoms with Crippen molar-refractivity contribution >= 4 is 35.0 Å². The fourth-order valence-electron chi connectivity index (χ4n) is 2.39. The molecule has 0 radical (unpaired) electrons. The van der Waals surface area contributed by atoms with Gasteiger partial charge in [0.25, 0.3) is 11.1 Å². The van der Waals surface area contributed by atoms with Crippen LogP contribution in [0.1, 0.15) is 12.5 Å². The first-order valence-corrected chi connectivity index (χ1v) is 8.07. The van der Waals surface area contributed by atoms with Gasteiger partial charge in [-0.05, 0) is 42.5 Å². The van der Waals surface area contributed by atoms with Crippen molar-refractivity contribution in [3.8, 4) is 11.5 Å². The number of esters is 1. The lowest BCUT2D eigenvalue weighted by molar-refractivity contribution is -0.148. The SMILES string of the molecule is COC(=O)C(C)N1C(=O)S/C(=C/c2ccc3c(c2)OCCO3)C1=O. The number of hydrogen-bond acceptors (Lipinski definition) is 7. The summed E-state index contributed by atoms with van der Waals surface area (Å²) in [6, 6.07) is 4.30. The first kappa shape index (κ1) is 16.4. The molecule has 0 bridgehead atoms. The molecule has 1 atom stereocenters. The van der Waals surface area contributed by atoms with Crippen molar-refractivity contribution in [1.29, 1.82) is 0 Å². The molecule has 0 aliphatic carbocycles. The highest BCUT2D eigenvalue weighted by Crippen LogP contribution is 2.36. The molecule has 24 heavy (non-hydrogen) atoms. The van der Waals surface area contributed by atoms with Crippen LogP contribution in [-0.2, 0) is 14.3 Å². The summed E-state index contributed by atoms with van der Waals surface area (Å²) in [6.07, 6.45) is 1.59. The highest BCUT2D eigenvalue weighted by molar-refractivity contribution is 8.18. The number of hydrogen-bond donors (Lipinski definition) is 0. The average molecular weight is 349 g/mol. The number of nitrogens with zero attached hydrogens (tertiary/aromatic N) is 1. The van der Waals surface area contributed by atoms with Crippen molar-refractivity contribution in [3.63, 3.8) is 0 Å². The Labute approximate surface area is 142 Å². The standard InChI is InChI=1S/C16H15NO6S/c1-9(15(19)21-2)17-14(18)13(24-16(17)20)8-10-3-4-11-12(7-10)23-6-5-22-11/h3-4,7-9H,5-6H2,1-2H3/b13-8+. The van der Waals surface area contributed by atoms with E-state index in [2.05, 4.69) is 4.74 Å². The van der Waals surface area contributed by atoms with Crippen molar-refractivity contribution in [3.05, 3.63) is 28.7 Å². The van der Waals surface area contributed by atoms with Crippen LogP contribution in [0.2, 0.25) is 0 Å². The number of fused-ring (bicyclic) bond motifs is 1. The second-order valence-corrected chi connectivity index (χ2v) is 6.15. The Balaban J connectivity index is 1.85. The first-order valence-electron chi connectivity index (χ1n) is 7.26. The van der Waals surface area contributed by atoms with Crippen LogP contribution in [0.5, 0.6) is 11.5 Å². The summed E-state index contributed by atoms with van der Waals surface area (Å²) in [5, 5.41) is -0.498. The summed E-state index contributed by atoms with van der Waals surface area (Å²) in [4.78, 5) is 37.2. The van der Waals surface area contributed by atoms with E-state index in [-0.39, 0.29) is 4.91 Å². The van der Waals surface area contributed by atoms with E-state index >= 15 is 0 Å². The predicted molar refractivity (Wildman–Crippen MR) is 86.7 cm³/mol. The number of amides is 2. The van der Waals surface area contributed by atoms with E-state index in [9.17, 15) is 14.4 Å². The number of benzene rings is 1. The van der Waals surface area contributed by atoms with E-state index in [0.29, 0.717) is 30.3 Å². The number of rotatable bonds is 3. The van der Waals surface area contributed by atoms with Gasteiger partial charge < -0.3 is 14.2 Å². The number of imide groups is 1. The van der Waals surface area contributed by atoms with Gasteiger partial charge in [0.05, 0.1) is 12.0 Å². The van der Waals surface area contributed by atoms with Crippen LogP contribution in [0.4, 0.5) is 4.79 Å². The number of carbonyl (C=O) groups is 3. The highest BCUT2D eigenvalue weighted by atomic mass is 32.2. The van der Waals surface area contributed by atoms with Crippen molar-refractivity contribution in [1.82, 2.24) is 4.90 Å². The molecule has 1 aromatic carbocycles. The van der Waals surface area contributed by atoms with Crippen LogP contribution in [0.25, 0.3) is 6.08 Å². The van der Waals surface area contributed by atoms with E-state index < -0.39 is 23.2 Å². The Morgan fingerprint density at radius 1 is 1.29 bits per heavy atom. The van der Waals surface area contributed by atoms with Crippen LogP contribution < -0.4 is 9.47 Å². The molecule has 3 rings (SSSR count). The Morgan fingerprint density at radius 3 is 2.71 bits per heavy atom. The quantitative estimate of drug-likeness (QED) is 0.610. The third kappa shape index (κ3) is 2.96. The first-order chi connectivity index (χ1) is 11.5. The van der Waals surface area contributed by atoms with Crippen molar-refractivity contribution in [2.24, 2.45) is 0 Å². The maximum Gasteiger partial charge on any atom is 0.328 e. The Morgan fingerprint density at radius 2 is 2.00 bits per heavy atom. The minimum Gasteiger partial charge on any atom is -0.486 e. The fraction of sp³-hybridized carbons (Fsp3) is 0.312. The lowest BCUT2D eigenvalue weighted by Gasteiger charge is -2.19. The summed E-state index contributed by atoms with van der Waals surface area (Å²) in [5.74, 6) is 0.0821. The van der Waals surface area contributed by atoms with Crippen LogP contribution in [-0.4, -0.2) is 48.4 Å². The fourth-order valence-corrected chi connectivity index (χ4v) is 3.30. The van der Waals surface area contributed by atoms with Gasteiger partial charge in [-0.15, -0.1) is 0 Å². The van der Waals surface area contributed by atoms with Gasteiger partial charge in [-0.2, -0.15) is 0 Å². The van der Waals surface area contributed by atoms with Gasteiger partial charge in [0.1, 0.15) is 19.3 Å². The number of ether oxygens (including phenoxy) is 3. The monoisotopic (exact) mass is 349 g/mol. The summed E-state index contributed by atoms with van der Waals surface area (Å²) < 4.78 is 15.5. The second kappa shape index (κ2) is 6.56. The zero-order valence-corrected chi connectivity index (χ0v) is 13.9. The second-order valence-electron chi connectivity index (χ2n) is 5.15.